The first-order chi connectivity index (χ1) is 11.1. The van der Waals surface area contributed by atoms with Crippen molar-refractivity contribution in [1.82, 2.24) is 5.32 Å². The molecule has 0 aromatic carbocycles. The van der Waals surface area contributed by atoms with Crippen LogP contribution in [0.1, 0.15) is 27.2 Å². The average molecular weight is 347 g/mol. The second-order valence-corrected chi connectivity index (χ2v) is 5.85. The van der Waals surface area contributed by atoms with Crippen LogP contribution in [-0.2, 0) is 28.7 Å². The third kappa shape index (κ3) is 6.15. The van der Waals surface area contributed by atoms with E-state index in [1.54, 1.807) is 13.8 Å². The molecule has 0 fully saturated rings. The molecule has 0 saturated heterocycles. The highest BCUT2D eigenvalue weighted by atomic mass is 16.5. The molecule has 138 valence electrons. The molecule has 0 aromatic rings. The standard InChI is InChI=1S/C15H25NO8/c1-7(2)6-9(17)12(18)16-11(13(19)20)8(3)10(14(21)23-4)15(22)24-5/h7-11,17H,6H2,1-5H3,(H,16,18)(H,19,20)/t8-,9-,11-/m1/s1. The topological polar surface area (TPSA) is 139 Å². The molecule has 3 N–H and O–H groups in total. The number of hydrogen-bond acceptors (Lipinski definition) is 7. The molecule has 0 rings (SSSR count). The fraction of sp³-hybridized carbons (Fsp3) is 0.733. The van der Waals surface area contributed by atoms with Gasteiger partial charge in [0.05, 0.1) is 14.2 Å². The van der Waals surface area contributed by atoms with Gasteiger partial charge < -0.3 is 25.0 Å². The van der Waals surface area contributed by atoms with Gasteiger partial charge in [-0.05, 0) is 12.3 Å². The smallest absolute Gasteiger partial charge is 0.326 e. The fourth-order valence-corrected chi connectivity index (χ4v) is 2.19. The molecule has 0 radical (unpaired) electrons. The first-order valence-electron chi connectivity index (χ1n) is 7.43. The summed E-state index contributed by atoms with van der Waals surface area (Å²) in [6.07, 6.45) is -1.25. The van der Waals surface area contributed by atoms with Crippen molar-refractivity contribution in [2.24, 2.45) is 17.8 Å². The Kier molecular flexibility index (Phi) is 8.97. The first kappa shape index (κ1) is 21.8. The van der Waals surface area contributed by atoms with Crippen LogP contribution >= 0.6 is 0 Å². The predicted molar refractivity (Wildman–Crippen MR) is 81.7 cm³/mol. The van der Waals surface area contributed by atoms with E-state index in [2.05, 4.69) is 14.8 Å². The molecule has 0 aliphatic heterocycles. The molecule has 24 heavy (non-hydrogen) atoms. The lowest BCUT2D eigenvalue weighted by molar-refractivity contribution is -0.163. The van der Waals surface area contributed by atoms with Crippen molar-refractivity contribution in [1.29, 1.82) is 0 Å². The van der Waals surface area contributed by atoms with Crippen molar-refractivity contribution in [3.8, 4) is 0 Å². The number of hydrogen-bond donors (Lipinski definition) is 3. The predicted octanol–water partition coefficient (Wildman–Crippen LogP) is -0.439. The van der Waals surface area contributed by atoms with Crippen molar-refractivity contribution in [3.63, 3.8) is 0 Å². The number of rotatable bonds is 9. The van der Waals surface area contributed by atoms with Gasteiger partial charge in [0.15, 0.2) is 5.92 Å². The Morgan fingerprint density at radius 1 is 1.00 bits per heavy atom. The third-order valence-electron chi connectivity index (χ3n) is 3.52. The summed E-state index contributed by atoms with van der Waals surface area (Å²) in [6, 6.07) is -1.58. The highest BCUT2D eigenvalue weighted by molar-refractivity contribution is 5.96. The monoisotopic (exact) mass is 347 g/mol. The van der Waals surface area contributed by atoms with Gasteiger partial charge in [-0.2, -0.15) is 0 Å². The Hall–Kier alpha value is -2.16. The van der Waals surface area contributed by atoms with Crippen molar-refractivity contribution in [2.45, 2.75) is 39.3 Å². The second-order valence-electron chi connectivity index (χ2n) is 5.85. The van der Waals surface area contributed by atoms with Crippen LogP contribution in [0.15, 0.2) is 0 Å². The number of aliphatic carboxylic acids is 1. The zero-order valence-electron chi connectivity index (χ0n) is 14.4. The van der Waals surface area contributed by atoms with Crippen LogP contribution in [0.3, 0.4) is 0 Å². The summed E-state index contributed by atoms with van der Waals surface area (Å²) in [4.78, 5) is 46.9. The molecule has 9 nitrogen and oxygen atoms in total. The lowest BCUT2D eigenvalue weighted by atomic mass is 9.87. The van der Waals surface area contributed by atoms with E-state index in [0.717, 1.165) is 14.2 Å². The average Bonchev–Trinajstić information content (AvgIpc) is 2.50. The molecule has 0 saturated carbocycles. The largest absolute Gasteiger partial charge is 0.480 e. The number of methoxy groups -OCH3 is 2. The molecular weight excluding hydrogens is 322 g/mol. The van der Waals surface area contributed by atoms with Crippen LogP contribution in [0.5, 0.6) is 0 Å². The molecule has 3 atom stereocenters. The maximum absolute atomic E-state index is 11.9. The van der Waals surface area contributed by atoms with E-state index in [-0.39, 0.29) is 12.3 Å². The first-order valence-corrected chi connectivity index (χ1v) is 7.43. The molecule has 0 spiro atoms. The molecule has 0 bridgehead atoms. The molecule has 0 unspecified atom stereocenters. The number of nitrogens with one attached hydrogen (secondary N) is 1. The van der Waals surface area contributed by atoms with E-state index in [1.807, 2.05) is 0 Å². The zero-order chi connectivity index (χ0) is 19.0. The molecule has 0 aliphatic rings. The van der Waals surface area contributed by atoms with Crippen molar-refractivity contribution >= 4 is 23.8 Å². The van der Waals surface area contributed by atoms with Gasteiger partial charge in [-0.15, -0.1) is 0 Å². The van der Waals surface area contributed by atoms with Crippen LogP contribution in [-0.4, -0.2) is 60.4 Å². The van der Waals surface area contributed by atoms with Crippen LogP contribution in [0.4, 0.5) is 0 Å². The zero-order valence-corrected chi connectivity index (χ0v) is 14.4. The Labute approximate surface area is 140 Å². The van der Waals surface area contributed by atoms with Gasteiger partial charge in [0, 0.05) is 5.92 Å². The Bertz CT molecular complexity index is 460. The van der Waals surface area contributed by atoms with Gasteiger partial charge >= 0.3 is 17.9 Å². The summed E-state index contributed by atoms with van der Waals surface area (Å²) in [7, 11) is 2.09. The molecular formula is C15H25NO8. The summed E-state index contributed by atoms with van der Waals surface area (Å²) in [6.45, 7) is 4.88. The number of esters is 2. The summed E-state index contributed by atoms with van der Waals surface area (Å²) < 4.78 is 8.99. The molecule has 0 heterocycles. The highest BCUT2D eigenvalue weighted by Crippen LogP contribution is 2.20. The van der Waals surface area contributed by atoms with Crippen LogP contribution in [0, 0.1) is 17.8 Å². The van der Waals surface area contributed by atoms with E-state index >= 15 is 0 Å². The SMILES string of the molecule is COC(=O)C(C(=O)OC)[C@@H](C)[C@@H](NC(=O)[C@H](O)CC(C)C)C(=O)O. The number of aliphatic hydroxyl groups is 1. The summed E-state index contributed by atoms with van der Waals surface area (Å²) in [5, 5.41) is 21.2. The lowest BCUT2D eigenvalue weighted by Crippen LogP contribution is -2.52. The quantitative estimate of drug-likeness (QED) is 0.377. The van der Waals surface area contributed by atoms with E-state index in [9.17, 15) is 29.4 Å². The maximum Gasteiger partial charge on any atom is 0.326 e. The number of carbonyl (C=O) groups excluding carboxylic acids is 3. The van der Waals surface area contributed by atoms with Crippen LogP contribution < -0.4 is 5.32 Å². The summed E-state index contributed by atoms with van der Waals surface area (Å²) in [5.41, 5.74) is 0. The Morgan fingerprint density at radius 2 is 1.46 bits per heavy atom. The normalized spacial score (nSPS) is 14.7. The second kappa shape index (κ2) is 9.86. The van der Waals surface area contributed by atoms with Gasteiger partial charge in [-0.1, -0.05) is 20.8 Å². The van der Waals surface area contributed by atoms with Gasteiger partial charge in [0.1, 0.15) is 12.1 Å². The minimum Gasteiger partial charge on any atom is -0.480 e. The number of ether oxygens (including phenoxy) is 2. The number of carboxylic acids is 1. The molecule has 0 aliphatic carbocycles. The van der Waals surface area contributed by atoms with Crippen molar-refractivity contribution in [2.75, 3.05) is 14.2 Å². The Balaban J connectivity index is 5.34. The van der Waals surface area contributed by atoms with Crippen molar-refractivity contribution < 1.29 is 38.9 Å². The maximum atomic E-state index is 11.9. The van der Waals surface area contributed by atoms with E-state index in [0.29, 0.717) is 0 Å². The van der Waals surface area contributed by atoms with E-state index < -0.39 is 47.8 Å². The number of carbonyl (C=O) groups is 4. The van der Waals surface area contributed by atoms with Crippen LogP contribution in [0.2, 0.25) is 0 Å². The number of amides is 1. The van der Waals surface area contributed by atoms with E-state index in [1.165, 1.54) is 6.92 Å². The Morgan fingerprint density at radius 3 is 1.79 bits per heavy atom. The molecule has 0 aromatic heterocycles. The highest BCUT2D eigenvalue weighted by Gasteiger charge is 2.42. The van der Waals surface area contributed by atoms with Gasteiger partial charge in [-0.3, -0.25) is 14.4 Å². The summed E-state index contributed by atoms with van der Waals surface area (Å²) in [5.74, 6) is -6.96. The van der Waals surface area contributed by atoms with Gasteiger partial charge in [0.25, 0.3) is 0 Å². The minimum absolute atomic E-state index is 0.0179. The number of aliphatic hydroxyl groups excluding tert-OH is 1. The van der Waals surface area contributed by atoms with Gasteiger partial charge in [0.2, 0.25) is 5.91 Å². The molecule has 9 heteroatoms. The lowest BCUT2D eigenvalue weighted by Gasteiger charge is -2.26. The van der Waals surface area contributed by atoms with Gasteiger partial charge in [-0.25, -0.2) is 4.79 Å². The van der Waals surface area contributed by atoms with Crippen LogP contribution in [0.25, 0.3) is 0 Å². The van der Waals surface area contributed by atoms with Crippen molar-refractivity contribution in [3.05, 3.63) is 0 Å². The third-order valence-corrected chi connectivity index (χ3v) is 3.52. The molecule has 1 amide bonds. The fourth-order valence-electron chi connectivity index (χ4n) is 2.19. The van der Waals surface area contributed by atoms with E-state index in [4.69, 9.17) is 0 Å². The summed E-state index contributed by atoms with van der Waals surface area (Å²) >= 11 is 0. The number of carboxylic acid groups (broad SMARTS) is 1. The minimum atomic E-state index is -1.58.